The van der Waals surface area contributed by atoms with Crippen molar-refractivity contribution in [2.75, 3.05) is 0 Å². The first kappa shape index (κ1) is 12.4. The van der Waals surface area contributed by atoms with Crippen molar-refractivity contribution >= 4 is 5.97 Å². The number of aliphatic carboxylic acids is 1. The molecule has 0 atom stereocenters. The number of hydrogen-bond acceptors (Lipinski definition) is 5. The van der Waals surface area contributed by atoms with Crippen LogP contribution in [0.25, 0.3) is 11.4 Å². The van der Waals surface area contributed by atoms with Crippen molar-refractivity contribution in [3.05, 3.63) is 30.6 Å². The average Bonchev–Trinajstić information content (AvgIpc) is 2.67. The maximum Gasteiger partial charge on any atom is 1.00 e. The second-order valence-electron chi connectivity index (χ2n) is 2.89. The van der Waals surface area contributed by atoms with E-state index in [1.807, 2.05) is 6.07 Å². The number of nitrogens with zero attached hydrogens (tertiary/aromatic N) is 4. The first-order valence-corrected chi connectivity index (χ1v) is 4.27. The fourth-order valence-electron chi connectivity index (χ4n) is 1.14. The Morgan fingerprint density at radius 3 is 2.81 bits per heavy atom. The quantitative estimate of drug-likeness (QED) is 0.483. The first-order chi connectivity index (χ1) is 7.25. The molecule has 2 heterocycles. The zero-order valence-electron chi connectivity index (χ0n) is 8.70. The molecule has 6 nitrogen and oxygen atoms in total. The van der Waals surface area contributed by atoms with E-state index in [9.17, 15) is 9.90 Å². The van der Waals surface area contributed by atoms with Gasteiger partial charge in [-0.1, -0.05) is 11.3 Å². The molecule has 0 N–H and O–H groups in total. The van der Waals surface area contributed by atoms with E-state index in [1.165, 1.54) is 10.9 Å². The first-order valence-electron chi connectivity index (χ1n) is 4.27. The predicted octanol–water partition coefficient (Wildman–Crippen LogP) is -3.91. The molecule has 0 aliphatic heterocycles. The summed E-state index contributed by atoms with van der Waals surface area (Å²) in [6.45, 7) is -0.306. The monoisotopic (exact) mass is 210 g/mol. The number of hydrogen-bond donors (Lipinski definition) is 0. The molecule has 16 heavy (non-hydrogen) atoms. The second-order valence-corrected chi connectivity index (χ2v) is 2.89. The van der Waals surface area contributed by atoms with E-state index in [2.05, 4.69) is 15.3 Å². The Bertz CT molecular complexity index is 471. The predicted molar refractivity (Wildman–Crippen MR) is 48.3 cm³/mol. The van der Waals surface area contributed by atoms with Gasteiger partial charge in [-0.15, -0.1) is 5.10 Å². The Balaban J connectivity index is 0.00000128. The van der Waals surface area contributed by atoms with Crippen LogP contribution in [0.5, 0.6) is 0 Å². The van der Waals surface area contributed by atoms with Crippen molar-refractivity contribution < 1.29 is 28.8 Å². The minimum atomic E-state index is -1.20. The molecule has 0 radical (unpaired) electrons. The smallest absolute Gasteiger partial charge is 0.548 e. The molecule has 0 aromatic carbocycles. The number of aromatic nitrogens is 4. The van der Waals surface area contributed by atoms with Crippen molar-refractivity contribution in [2.24, 2.45) is 0 Å². The summed E-state index contributed by atoms with van der Waals surface area (Å²) in [6.07, 6.45) is 3.14. The Labute approximate surface area is 103 Å². The van der Waals surface area contributed by atoms with Crippen molar-refractivity contribution in [3.8, 4) is 11.4 Å². The van der Waals surface area contributed by atoms with Gasteiger partial charge in [-0.2, -0.15) is 0 Å². The molecule has 2 aromatic rings. The minimum Gasteiger partial charge on any atom is -0.548 e. The molecule has 0 saturated heterocycles. The maximum absolute atomic E-state index is 10.3. The molecule has 0 amide bonds. The number of carboxylic acids is 1. The number of pyridine rings is 1. The third-order valence-corrected chi connectivity index (χ3v) is 1.76. The van der Waals surface area contributed by atoms with Crippen molar-refractivity contribution in [3.63, 3.8) is 0 Å². The summed E-state index contributed by atoms with van der Waals surface area (Å²) < 4.78 is 1.19. The third kappa shape index (κ3) is 2.92. The van der Waals surface area contributed by atoms with Gasteiger partial charge < -0.3 is 9.90 Å². The van der Waals surface area contributed by atoms with E-state index in [0.29, 0.717) is 11.4 Å². The molecule has 2 aromatic heterocycles. The van der Waals surface area contributed by atoms with Gasteiger partial charge >= 0.3 is 18.9 Å². The van der Waals surface area contributed by atoms with Crippen LogP contribution in [0.1, 0.15) is 0 Å². The van der Waals surface area contributed by atoms with Gasteiger partial charge in [0.1, 0.15) is 5.69 Å². The number of carboxylic acid groups (broad SMARTS) is 1. The summed E-state index contributed by atoms with van der Waals surface area (Å²) in [4.78, 5) is 14.4. The van der Waals surface area contributed by atoms with Crippen LogP contribution in [0, 0.1) is 0 Å². The Kier molecular flexibility index (Phi) is 4.23. The third-order valence-electron chi connectivity index (χ3n) is 1.76. The zero-order chi connectivity index (χ0) is 10.7. The Morgan fingerprint density at radius 1 is 1.38 bits per heavy atom. The van der Waals surface area contributed by atoms with E-state index >= 15 is 0 Å². The second kappa shape index (κ2) is 5.44. The van der Waals surface area contributed by atoms with Crippen LogP contribution >= 0.6 is 0 Å². The van der Waals surface area contributed by atoms with Gasteiger partial charge in [-0.3, -0.25) is 4.98 Å². The van der Waals surface area contributed by atoms with Crippen LogP contribution in [-0.4, -0.2) is 25.9 Å². The van der Waals surface area contributed by atoms with E-state index in [1.54, 1.807) is 18.3 Å². The summed E-state index contributed by atoms with van der Waals surface area (Å²) in [7, 11) is 0. The number of carbonyl (C=O) groups excluding carboxylic acids is 1. The van der Waals surface area contributed by atoms with E-state index < -0.39 is 5.97 Å². The standard InChI is InChI=1S/C9H8N4O2.Li/c14-9(15)6-13-5-8(11-12-13)7-3-1-2-4-10-7;/h1-5H,6H2,(H,14,15);/q;+1/p-1. The van der Waals surface area contributed by atoms with Gasteiger partial charge in [0.25, 0.3) is 0 Å². The molecule has 0 aliphatic carbocycles. The summed E-state index contributed by atoms with van der Waals surface area (Å²) in [5, 5.41) is 17.7. The SMILES string of the molecule is O=C([O-])Cn1cc(-c2ccccn2)nn1.[Li+]. The van der Waals surface area contributed by atoms with Crippen LogP contribution in [0.4, 0.5) is 0 Å². The molecular weight excluding hydrogens is 203 g/mol. The molecule has 0 bridgehead atoms. The molecular formula is C9H7LiN4O2. The summed E-state index contributed by atoms with van der Waals surface area (Å²) >= 11 is 0. The summed E-state index contributed by atoms with van der Waals surface area (Å²) in [5.41, 5.74) is 1.19. The maximum atomic E-state index is 10.3. The van der Waals surface area contributed by atoms with Gasteiger partial charge in [-0.05, 0) is 12.1 Å². The van der Waals surface area contributed by atoms with Gasteiger partial charge in [0.15, 0.2) is 0 Å². The largest absolute Gasteiger partial charge is 1.00 e. The molecule has 0 unspecified atom stereocenters. The van der Waals surface area contributed by atoms with Crippen molar-refractivity contribution in [1.82, 2.24) is 20.0 Å². The average molecular weight is 210 g/mol. The van der Waals surface area contributed by atoms with Crippen LogP contribution in [0.15, 0.2) is 30.6 Å². The van der Waals surface area contributed by atoms with Gasteiger partial charge in [0.05, 0.1) is 24.4 Å². The Morgan fingerprint density at radius 2 is 2.19 bits per heavy atom. The van der Waals surface area contributed by atoms with Crippen LogP contribution in [0.3, 0.4) is 0 Å². The Hall–Kier alpha value is -1.64. The topological polar surface area (TPSA) is 83.7 Å². The zero-order valence-corrected chi connectivity index (χ0v) is 8.70. The van der Waals surface area contributed by atoms with Crippen LogP contribution < -0.4 is 24.0 Å². The normalized spacial score (nSPS) is 9.50. The molecule has 0 spiro atoms. The van der Waals surface area contributed by atoms with Gasteiger partial charge in [0.2, 0.25) is 0 Å². The van der Waals surface area contributed by atoms with Gasteiger partial charge in [-0.25, -0.2) is 4.68 Å². The van der Waals surface area contributed by atoms with Crippen molar-refractivity contribution in [2.45, 2.75) is 6.54 Å². The molecule has 76 valence electrons. The molecule has 0 fully saturated rings. The molecule has 2 rings (SSSR count). The van der Waals surface area contributed by atoms with E-state index in [4.69, 9.17) is 0 Å². The van der Waals surface area contributed by atoms with Crippen molar-refractivity contribution in [1.29, 1.82) is 0 Å². The number of carbonyl (C=O) groups is 1. The summed E-state index contributed by atoms with van der Waals surface area (Å²) in [5.74, 6) is -1.20. The van der Waals surface area contributed by atoms with Crippen LogP contribution in [0.2, 0.25) is 0 Å². The fourth-order valence-corrected chi connectivity index (χ4v) is 1.14. The minimum absolute atomic E-state index is 0. The number of rotatable bonds is 3. The van der Waals surface area contributed by atoms with Crippen LogP contribution in [-0.2, 0) is 11.3 Å². The van der Waals surface area contributed by atoms with E-state index in [0.717, 1.165) is 0 Å². The van der Waals surface area contributed by atoms with Gasteiger partial charge in [0, 0.05) is 6.20 Å². The van der Waals surface area contributed by atoms with E-state index in [-0.39, 0.29) is 25.4 Å². The fraction of sp³-hybridized carbons (Fsp3) is 0.111. The molecule has 0 aliphatic rings. The molecule has 7 heteroatoms. The summed E-state index contributed by atoms with van der Waals surface area (Å²) in [6, 6.07) is 5.38. The molecule has 0 saturated carbocycles.